The maximum absolute atomic E-state index is 13.7. The summed E-state index contributed by atoms with van der Waals surface area (Å²) < 4.78 is 0. The van der Waals surface area contributed by atoms with Crippen LogP contribution in [0.15, 0.2) is 71.2 Å². The molecule has 6 heteroatoms. The van der Waals surface area contributed by atoms with Crippen LogP contribution in [0.25, 0.3) is 0 Å². The number of hydrogen-bond donors (Lipinski definition) is 2. The summed E-state index contributed by atoms with van der Waals surface area (Å²) in [5.74, 6) is -0.335. The molecule has 1 spiro atoms. The van der Waals surface area contributed by atoms with E-state index in [9.17, 15) is 14.9 Å². The highest BCUT2D eigenvalue weighted by molar-refractivity contribution is 6.20. The molecule has 32 heavy (non-hydrogen) atoms. The van der Waals surface area contributed by atoms with Gasteiger partial charge in [0.25, 0.3) is 0 Å². The molecule has 0 radical (unpaired) electrons. The minimum Gasteiger partial charge on any atom is -0.384 e. The van der Waals surface area contributed by atoms with Crippen molar-refractivity contribution >= 4 is 23.1 Å². The number of hydrogen-bond acceptors (Lipinski definition) is 5. The topological polar surface area (TPSA) is 99.2 Å². The number of nitriles is 1. The van der Waals surface area contributed by atoms with E-state index in [1.54, 1.807) is 17.0 Å². The number of para-hydroxylation sites is 1. The number of nitrogens with zero attached hydrogens (tertiary/aromatic N) is 2. The zero-order valence-corrected chi connectivity index (χ0v) is 18.3. The number of amides is 1. The fraction of sp³-hybridized carbons (Fsp3) is 0.269. The Bertz CT molecular complexity index is 1310. The second kappa shape index (κ2) is 6.57. The summed E-state index contributed by atoms with van der Waals surface area (Å²) in [7, 11) is 0. The second-order valence-electron chi connectivity index (χ2n) is 9.56. The molecule has 3 N–H and O–H groups in total. The fourth-order valence-electron chi connectivity index (χ4n) is 5.44. The Morgan fingerprint density at radius 3 is 2.56 bits per heavy atom. The van der Waals surface area contributed by atoms with Gasteiger partial charge in [-0.2, -0.15) is 5.26 Å². The predicted molar refractivity (Wildman–Crippen MR) is 122 cm³/mol. The Morgan fingerprint density at radius 1 is 1.09 bits per heavy atom. The third-order valence-electron chi connectivity index (χ3n) is 6.66. The maximum atomic E-state index is 13.7. The highest BCUT2D eigenvalue weighted by atomic mass is 16.2. The quantitative estimate of drug-likeness (QED) is 0.720. The number of aryl methyl sites for hydroxylation is 1. The molecule has 2 aromatic rings. The zero-order valence-electron chi connectivity index (χ0n) is 18.3. The lowest BCUT2D eigenvalue weighted by Gasteiger charge is -2.46. The molecule has 2 aliphatic heterocycles. The minimum atomic E-state index is -1.53. The van der Waals surface area contributed by atoms with E-state index in [1.807, 2.05) is 57.2 Å². The van der Waals surface area contributed by atoms with Crippen molar-refractivity contribution in [1.82, 2.24) is 0 Å². The van der Waals surface area contributed by atoms with Gasteiger partial charge in [0.05, 0.1) is 5.57 Å². The van der Waals surface area contributed by atoms with Crippen LogP contribution in [0, 0.1) is 23.7 Å². The molecule has 0 bridgehead atoms. The number of carbonyl (C=O) groups excluding carboxylic acids is 2. The molecule has 160 valence electrons. The van der Waals surface area contributed by atoms with Gasteiger partial charge in [-0.05, 0) is 42.5 Å². The summed E-state index contributed by atoms with van der Waals surface area (Å²) in [6.45, 7) is 6.06. The minimum absolute atomic E-state index is 0.0910. The monoisotopic (exact) mass is 424 g/mol. The molecule has 1 amide bonds. The van der Waals surface area contributed by atoms with Crippen molar-refractivity contribution in [2.75, 3.05) is 10.2 Å². The summed E-state index contributed by atoms with van der Waals surface area (Å²) in [6.07, 6.45) is 0.849. The van der Waals surface area contributed by atoms with Crippen LogP contribution in [0.3, 0.4) is 0 Å². The number of Topliss-reactive ketones (excluding diaryl/α,β-unsaturated/α-hetero) is 1. The van der Waals surface area contributed by atoms with Crippen LogP contribution >= 0.6 is 0 Å². The van der Waals surface area contributed by atoms with Crippen LogP contribution in [0.2, 0.25) is 0 Å². The molecular formula is C26H24N4O2. The largest absolute Gasteiger partial charge is 0.384 e. The third kappa shape index (κ3) is 2.51. The molecule has 0 saturated carbocycles. The number of rotatable bonds is 1. The van der Waals surface area contributed by atoms with Crippen molar-refractivity contribution in [2.45, 2.75) is 39.0 Å². The van der Waals surface area contributed by atoms with E-state index in [-0.39, 0.29) is 22.6 Å². The van der Waals surface area contributed by atoms with Gasteiger partial charge in [-0.25, -0.2) is 0 Å². The number of nitrogens with one attached hydrogen (secondary N) is 1. The first kappa shape index (κ1) is 20.1. The smallest absolute Gasteiger partial charge is 0.245 e. The predicted octanol–water partition coefficient (Wildman–Crippen LogP) is 4.04. The van der Waals surface area contributed by atoms with Crippen LogP contribution in [-0.2, 0) is 15.0 Å². The number of benzene rings is 2. The van der Waals surface area contributed by atoms with Gasteiger partial charge < -0.3 is 11.1 Å². The molecule has 6 nitrogen and oxygen atoms in total. The first-order valence-electron chi connectivity index (χ1n) is 10.7. The third-order valence-corrected chi connectivity index (χ3v) is 6.66. The summed E-state index contributed by atoms with van der Waals surface area (Å²) in [5.41, 5.74) is 9.02. The number of fused-ring (bicyclic) bond motifs is 3. The fourth-order valence-corrected chi connectivity index (χ4v) is 5.44. The van der Waals surface area contributed by atoms with Gasteiger partial charge in [-0.1, -0.05) is 44.2 Å². The van der Waals surface area contributed by atoms with Gasteiger partial charge in [-0.3, -0.25) is 14.5 Å². The number of anilines is 2. The van der Waals surface area contributed by atoms with Crippen molar-refractivity contribution in [3.63, 3.8) is 0 Å². The van der Waals surface area contributed by atoms with Gasteiger partial charge in [0.15, 0.2) is 5.78 Å². The molecule has 0 unspecified atom stereocenters. The maximum Gasteiger partial charge on any atom is 0.245 e. The lowest BCUT2D eigenvalue weighted by Crippen LogP contribution is -2.52. The lowest BCUT2D eigenvalue weighted by atomic mass is 9.61. The molecule has 5 rings (SSSR count). The SMILES string of the molecule is Cc1cccc(N2C(N)=C(C#N)[C@@]3(C(=O)Nc4ccccc43)C3=C2CC(C)(C)CC3=O)c1. The number of allylic oxidation sites excluding steroid dienone is 1. The highest BCUT2D eigenvalue weighted by Gasteiger charge is 2.61. The van der Waals surface area contributed by atoms with E-state index < -0.39 is 11.3 Å². The first-order valence-corrected chi connectivity index (χ1v) is 10.7. The molecule has 3 aliphatic rings. The standard InChI is InChI=1S/C26H24N4O2/c1-15-7-6-8-16(11-15)30-20-12-25(2,3)13-21(31)22(20)26(18(14-27)23(30)28)17-9-4-5-10-19(17)29-24(26)32/h4-11H,12-13,28H2,1-3H3,(H,29,32)/t26-/m1/s1. The summed E-state index contributed by atoms with van der Waals surface area (Å²) in [5, 5.41) is 13.2. The number of carbonyl (C=O) groups is 2. The van der Waals surface area contributed by atoms with Crippen molar-refractivity contribution in [2.24, 2.45) is 11.1 Å². The molecule has 0 fully saturated rings. The van der Waals surface area contributed by atoms with E-state index >= 15 is 0 Å². The Kier molecular flexibility index (Phi) is 4.12. The van der Waals surface area contributed by atoms with Gasteiger partial charge in [0.2, 0.25) is 5.91 Å². The van der Waals surface area contributed by atoms with Crippen LogP contribution < -0.4 is 16.0 Å². The van der Waals surface area contributed by atoms with Crippen molar-refractivity contribution in [3.05, 3.63) is 82.3 Å². The average molecular weight is 425 g/mol. The molecule has 0 aromatic heterocycles. The van der Waals surface area contributed by atoms with E-state index in [0.29, 0.717) is 35.4 Å². The van der Waals surface area contributed by atoms with Crippen molar-refractivity contribution in [1.29, 1.82) is 5.26 Å². The normalized spacial score (nSPS) is 23.8. The van der Waals surface area contributed by atoms with Gasteiger partial charge in [-0.15, -0.1) is 0 Å². The molecule has 2 heterocycles. The van der Waals surface area contributed by atoms with E-state index in [4.69, 9.17) is 5.73 Å². The van der Waals surface area contributed by atoms with Gasteiger partial charge in [0.1, 0.15) is 17.3 Å². The van der Waals surface area contributed by atoms with Crippen LogP contribution in [0.1, 0.15) is 37.8 Å². The van der Waals surface area contributed by atoms with Gasteiger partial charge >= 0.3 is 0 Å². The van der Waals surface area contributed by atoms with E-state index in [0.717, 1.165) is 11.3 Å². The first-order chi connectivity index (χ1) is 15.2. The molecular weight excluding hydrogens is 400 g/mol. The average Bonchev–Trinajstić information content (AvgIpc) is 2.99. The Balaban J connectivity index is 1.91. The summed E-state index contributed by atoms with van der Waals surface area (Å²) >= 11 is 0. The number of ketones is 1. The second-order valence-corrected chi connectivity index (χ2v) is 9.56. The molecule has 1 atom stereocenters. The van der Waals surface area contributed by atoms with Gasteiger partial charge in [0, 0.05) is 34.6 Å². The van der Waals surface area contributed by atoms with E-state index in [1.165, 1.54) is 0 Å². The molecule has 1 aliphatic carbocycles. The zero-order chi connectivity index (χ0) is 22.8. The highest BCUT2D eigenvalue weighted by Crippen LogP contribution is 2.56. The van der Waals surface area contributed by atoms with Crippen LogP contribution in [-0.4, -0.2) is 11.7 Å². The summed E-state index contributed by atoms with van der Waals surface area (Å²) in [4.78, 5) is 29.2. The Morgan fingerprint density at radius 2 is 1.84 bits per heavy atom. The van der Waals surface area contributed by atoms with Crippen LogP contribution in [0.4, 0.5) is 11.4 Å². The summed E-state index contributed by atoms with van der Waals surface area (Å²) in [6, 6.07) is 17.2. The molecule has 2 aromatic carbocycles. The Labute approximate surface area is 187 Å². The number of nitrogens with two attached hydrogens (primary N) is 1. The van der Waals surface area contributed by atoms with Crippen LogP contribution in [0.5, 0.6) is 0 Å². The van der Waals surface area contributed by atoms with Crippen molar-refractivity contribution in [3.8, 4) is 6.07 Å². The molecule has 0 saturated heterocycles. The van der Waals surface area contributed by atoms with Crippen molar-refractivity contribution < 1.29 is 9.59 Å². The van der Waals surface area contributed by atoms with E-state index in [2.05, 4.69) is 11.4 Å². The Hall–Kier alpha value is -3.85. The lowest BCUT2D eigenvalue weighted by molar-refractivity contribution is -0.123.